The van der Waals surface area contributed by atoms with Gasteiger partial charge in [-0.25, -0.2) is 8.42 Å². The number of carbonyl (C=O) groups is 1. The highest BCUT2D eigenvalue weighted by atomic mass is 32.2. The maximum Gasteiger partial charge on any atom is 0.240 e. The van der Waals surface area contributed by atoms with Crippen molar-refractivity contribution in [2.75, 3.05) is 5.75 Å². The number of sulfonamides is 1. The number of rotatable bonds is 10. The lowest BCUT2D eigenvalue weighted by Gasteiger charge is -2.14. The Hall–Kier alpha value is -1.36. The summed E-state index contributed by atoms with van der Waals surface area (Å²) >= 11 is 0. The van der Waals surface area contributed by atoms with Gasteiger partial charge in [-0.05, 0) is 36.8 Å². The first-order valence-electron chi connectivity index (χ1n) is 8.88. The van der Waals surface area contributed by atoms with Crippen LogP contribution in [0, 0.1) is 5.92 Å². The Labute approximate surface area is 147 Å². The molecular weight excluding hydrogens is 322 g/mol. The van der Waals surface area contributed by atoms with Crippen LogP contribution in [0.4, 0.5) is 0 Å². The summed E-state index contributed by atoms with van der Waals surface area (Å²) in [6.45, 7) is 8.13. The maximum atomic E-state index is 12.2. The lowest BCUT2D eigenvalue weighted by molar-refractivity contribution is -0.120. The van der Waals surface area contributed by atoms with Crippen molar-refractivity contribution in [3.05, 3.63) is 35.4 Å². The Morgan fingerprint density at radius 2 is 1.67 bits per heavy atom. The van der Waals surface area contributed by atoms with Gasteiger partial charge in [-0.2, -0.15) is 0 Å². The van der Waals surface area contributed by atoms with Crippen molar-refractivity contribution in [1.82, 2.24) is 4.72 Å². The molecule has 1 amide bonds. The van der Waals surface area contributed by atoms with Gasteiger partial charge in [0, 0.05) is 0 Å². The molecule has 4 nitrogen and oxygen atoms in total. The standard InChI is InChI=1S/C19H31NO3S/c1-5-6-7-8-13-24(22,23)20-19(21)16(4)18-11-9-17(10-12-18)14-15(2)3/h9-12,15-16H,5-8,13-14H2,1-4H3,(H,20,21). The molecule has 0 radical (unpaired) electrons. The van der Waals surface area contributed by atoms with Gasteiger partial charge in [0.15, 0.2) is 0 Å². The summed E-state index contributed by atoms with van der Waals surface area (Å²) < 4.78 is 26.2. The van der Waals surface area contributed by atoms with E-state index in [1.54, 1.807) is 6.92 Å². The third kappa shape index (κ3) is 7.47. The molecule has 0 aliphatic rings. The molecule has 0 aliphatic heterocycles. The molecule has 1 rings (SSSR count). The quantitative estimate of drug-likeness (QED) is 0.646. The van der Waals surface area contributed by atoms with E-state index in [4.69, 9.17) is 0 Å². The van der Waals surface area contributed by atoms with E-state index in [-0.39, 0.29) is 5.75 Å². The van der Waals surface area contributed by atoms with Crippen LogP contribution in [0.3, 0.4) is 0 Å². The van der Waals surface area contributed by atoms with Crippen molar-refractivity contribution in [1.29, 1.82) is 0 Å². The first-order valence-corrected chi connectivity index (χ1v) is 10.5. The highest BCUT2D eigenvalue weighted by molar-refractivity contribution is 7.90. The van der Waals surface area contributed by atoms with Crippen LogP contribution >= 0.6 is 0 Å². The second-order valence-electron chi connectivity index (χ2n) is 6.91. The van der Waals surface area contributed by atoms with Gasteiger partial charge < -0.3 is 0 Å². The fourth-order valence-corrected chi connectivity index (χ4v) is 3.75. The zero-order valence-corrected chi connectivity index (χ0v) is 16.2. The van der Waals surface area contributed by atoms with E-state index >= 15 is 0 Å². The highest BCUT2D eigenvalue weighted by Gasteiger charge is 2.21. The van der Waals surface area contributed by atoms with Crippen LogP contribution in [-0.2, 0) is 21.2 Å². The van der Waals surface area contributed by atoms with Crippen LogP contribution in [0.1, 0.15) is 70.4 Å². The van der Waals surface area contributed by atoms with Gasteiger partial charge in [0.25, 0.3) is 0 Å². The Morgan fingerprint density at radius 1 is 1.04 bits per heavy atom. The van der Waals surface area contributed by atoms with Crippen LogP contribution in [0.5, 0.6) is 0 Å². The minimum atomic E-state index is -3.54. The maximum absolute atomic E-state index is 12.2. The number of unbranched alkanes of at least 4 members (excludes halogenated alkanes) is 3. The van der Waals surface area contributed by atoms with Crippen LogP contribution in [0.25, 0.3) is 0 Å². The number of carbonyl (C=O) groups excluding carboxylic acids is 1. The van der Waals surface area contributed by atoms with Crippen molar-refractivity contribution in [2.24, 2.45) is 5.92 Å². The third-order valence-electron chi connectivity index (χ3n) is 4.04. The molecule has 1 N–H and O–H groups in total. The Balaban J connectivity index is 2.60. The smallest absolute Gasteiger partial charge is 0.240 e. The normalized spacial score (nSPS) is 13.0. The van der Waals surface area contributed by atoms with E-state index in [0.717, 1.165) is 31.2 Å². The molecule has 0 spiro atoms. The largest absolute Gasteiger partial charge is 0.273 e. The van der Waals surface area contributed by atoms with E-state index < -0.39 is 21.8 Å². The first kappa shape index (κ1) is 20.7. The van der Waals surface area contributed by atoms with Gasteiger partial charge in [-0.3, -0.25) is 9.52 Å². The molecule has 5 heteroatoms. The lowest BCUT2D eigenvalue weighted by atomic mass is 9.96. The Bertz CT molecular complexity index is 606. The molecule has 0 saturated heterocycles. The molecule has 1 atom stereocenters. The Kier molecular flexibility index (Phi) is 8.46. The lowest BCUT2D eigenvalue weighted by Crippen LogP contribution is -2.35. The molecular formula is C19H31NO3S. The SMILES string of the molecule is CCCCCCS(=O)(=O)NC(=O)C(C)c1ccc(CC(C)C)cc1. The summed E-state index contributed by atoms with van der Waals surface area (Å²) in [5.41, 5.74) is 2.06. The van der Waals surface area contributed by atoms with Gasteiger partial charge in [0.2, 0.25) is 15.9 Å². The molecule has 1 aromatic carbocycles. The minimum absolute atomic E-state index is 0.0127. The van der Waals surface area contributed by atoms with Crippen molar-refractivity contribution in [2.45, 2.75) is 65.7 Å². The predicted octanol–water partition coefficient (Wildman–Crippen LogP) is 4.01. The summed E-state index contributed by atoms with van der Waals surface area (Å²) in [4.78, 5) is 12.2. The average molecular weight is 354 g/mol. The topological polar surface area (TPSA) is 63.2 Å². The predicted molar refractivity (Wildman–Crippen MR) is 99.5 cm³/mol. The zero-order valence-electron chi connectivity index (χ0n) is 15.3. The van der Waals surface area contributed by atoms with Gasteiger partial charge in [-0.1, -0.05) is 64.3 Å². The van der Waals surface area contributed by atoms with Crippen molar-refractivity contribution in [3.63, 3.8) is 0 Å². The zero-order chi connectivity index (χ0) is 18.2. The third-order valence-corrected chi connectivity index (χ3v) is 5.38. The van der Waals surface area contributed by atoms with E-state index in [0.29, 0.717) is 12.3 Å². The van der Waals surface area contributed by atoms with Gasteiger partial charge >= 0.3 is 0 Å². The van der Waals surface area contributed by atoms with Crippen molar-refractivity contribution >= 4 is 15.9 Å². The summed E-state index contributed by atoms with van der Waals surface area (Å²) in [5, 5.41) is 0. The summed E-state index contributed by atoms with van der Waals surface area (Å²) in [5.74, 6) is -0.348. The van der Waals surface area contributed by atoms with Crippen LogP contribution in [0.15, 0.2) is 24.3 Å². The fraction of sp³-hybridized carbons (Fsp3) is 0.632. The van der Waals surface area contributed by atoms with E-state index in [2.05, 4.69) is 25.5 Å². The molecule has 0 aromatic heterocycles. The molecule has 0 bridgehead atoms. The molecule has 1 unspecified atom stereocenters. The number of hydrogen-bond donors (Lipinski definition) is 1. The first-order chi connectivity index (χ1) is 11.2. The molecule has 0 fully saturated rings. The molecule has 1 aromatic rings. The van der Waals surface area contributed by atoms with Gasteiger partial charge in [-0.15, -0.1) is 0 Å². The van der Waals surface area contributed by atoms with Crippen molar-refractivity contribution in [3.8, 4) is 0 Å². The van der Waals surface area contributed by atoms with Crippen LogP contribution in [-0.4, -0.2) is 20.1 Å². The second-order valence-corrected chi connectivity index (χ2v) is 8.75. The fourth-order valence-electron chi connectivity index (χ4n) is 2.58. The number of hydrogen-bond acceptors (Lipinski definition) is 3. The van der Waals surface area contributed by atoms with E-state index in [1.165, 1.54) is 5.56 Å². The molecule has 136 valence electrons. The molecule has 0 aliphatic carbocycles. The summed E-state index contributed by atoms with van der Waals surface area (Å²) in [6, 6.07) is 7.85. The summed E-state index contributed by atoms with van der Waals surface area (Å²) in [6.07, 6.45) is 4.53. The molecule has 0 saturated carbocycles. The van der Waals surface area contributed by atoms with Gasteiger partial charge in [0.05, 0.1) is 11.7 Å². The van der Waals surface area contributed by atoms with E-state index in [9.17, 15) is 13.2 Å². The van der Waals surface area contributed by atoms with Crippen molar-refractivity contribution < 1.29 is 13.2 Å². The monoisotopic (exact) mass is 353 g/mol. The average Bonchev–Trinajstić information content (AvgIpc) is 2.50. The summed E-state index contributed by atoms with van der Waals surface area (Å²) in [7, 11) is -3.54. The highest BCUT2D eigenvalue weighted by Crippen LogP contribution is 2.18. The van der Waals surface area contributed by atoms with E-state index in [1.807, 2.05) is 24.3 Å². The minimum Gasteiger partial charge on any atom is -0.273 e. The number of amides is 1. The molecule has 24 heavy (non-hydrogen) atoms. The number of benzene rings is 1. The van der Waals surface area contributed by atoms with Crippen LogP contribution < -0.4 is 4.72 Å². The number of nitrogens with one attached hydrogen (secondary N) is 1. The van der Waals surface area contributed by atoms with Gasteiger partial charge in [0.1, 0.15) is 0 Å². The Morgan fingerprint density at radius 3 is 2.21 bits per heavy atom. The molecule has 0 heterocycles. The van der Waals surface area contributed by atoms with Crippen LogP contribution in [0.2, 0.25) is 0 Å². The second kappa shape index (κ2) is 9.82.